The van der Waals surface area contributed by atoms with Crippen LogP contribution < -0.4 is 14.2 Å². The number of nitrogens with one attached hydrogen (secondary N) is 1. The number of methoxy groups -OCH3 is 1. The van der Waals surface area contributed by atoms with Crippen LogP contribution in [0.1, 0.15) is 0 Å². The molecule has 0 unspecified atom stereocenters. The van der Waals surface area contributed by atoms with Gasteiger partial charge in [0.25, 0.3) is 22.3 Å². The summed E-state index contributed by atoms with van der Waals surface area (Å²) in [5.74, 6) is -2.62. The number of pyridine rings is 2. The lowest BCUT2D eigenvalue weighted by Gasteiger charge is -2.13. The quantitative estimate of drug-likeness (QED) is 0.612. The fourth-order valence-corrected chi connectivity index (χ4v) is 3.50. The maximum Gasteiger partial charge on any atom is 0.280 e. The average molecular weight is 437 g/mol. The van der Waals surface area contributed by atoms with E-state index in [9.17, 15) is 21.6 Å². The second kappa shape index (κ2) is 7.72. The molecular weight excluding hydrogens is 425 g/mol. The van der Waals surface area contributed by atoms with Crippen LogP contribution in [0.15, 0.2) is 35.6 Å². The summed E-state index contributed by atoms with van der Waals surface area (Å²) in [4.78, 5) is 7.58. The maximum absolute atomic E-state index is 14.3. The van der Waals surface area contributed by atoms with Crippen molar-refractivity contribution in [2.24, 2.45) is 0 Å². The topological polar surface area (TPSA) is 94.8 Å². The van der Waals surface area contributed by atoms with Gasteiger partial charge in [-0.25, -0.2) is 18.2 Å². The first kappa shape index (κ1) is 20.0. The van der Waals surface area contributed by atoms with E-state index in [0.717, 1.165) is 13.3 Å². The molecule has 0 atom stereocenters. The molecule has 3 rings (SSSR count). The summed E-state index contributed by atoms with van der Waals surface area (Å²) < 4.78 is 76.9. The van der Waals surface area contributed by atoms with Crippen molar-refractivity contribution in [3.63, 3.8) is 0 Å². The van der Waals surface area contributed by atoms with E-state index < -0.39 is 40.4 Å². The first-order chi connectivity index (χ1) is 13.2. The predicted octanol–water partition coefficient (Wildman–Crippen LogP) is 2.98. The smallest absolute Gasteiger partial charge is 0.280 e. The number of imidazole rings is 1. The highest BCUT2D eigenvalue weighted by atomic mass is 35.5. The van der Waals surface area contributed by atoms with Gasteiger partial charge in [-0.2, -0.15) is 13.4 Å². The van der Waals surface area contributed by atoms with Gasteiger partial charge in [-0.1, -0.05) is 11.6 Å². The molecule has 0 amide bonds. The Labute approximate surface area is 161 Å². The van der Waals surface area contributed by atoms with E-state index in [1.807, 2.05) is 4.72 Å². The molecule has 3 aromatic rings. The first-order valence-electron chi connectivity index (χ1n) is 7.52. The largest absolute Gasteiger partial charge is 0.482 e. The Morgan fingerprint density at radius 1 is 1.36 bits per heavy atom. The maximum atomic E-state index is 14.3. The Bertz CT molecular complexity index is 1120. The van der Waals surface area contributed by atoms with Gasteiger partial charge in [0, 0.05) is 23.4 Å². The standard InChI is InChI=1S/C15H12ClF3N4O4S/c1-26-15-10(27-7-11(18)19)5-9(17)14(21-15)22-28(24,25)13-6-20-12-4-8(16)2-3-23(12)13/h2-6,11H,7H2,1H3,(H,21,22). The zero-order chi connectivity index (χ0) is 20.5. The van der Waals surface area contributed by atoms with E-state index in [0.29, 0.717) is 11.1 Å². The van der Waals surface area contributed by atoms with Gasteiger partial charge in [-0.05, 0) is 6.07 Å². The highest BCUT2D eigenvalue weighted by molar-refractivity contribution is 7.92. The van der Waals surface area contributed by atoms with E-state index in [4.69, 9.17) is 21.1 Å². The van der Waals surface area contributed by atoms with Crippen molar-refractivity contribution >= 4 is 33.1 Å². The molecule has 0 saturated heterocycles. The number of halogens is 4. The lowest BCUT2D eigenvalue weighted by atomic mass is 10.4. The fraction of sp³-hybridized carbons (Fsp3) is 0.200. The number of nitrogens with zero attached hydrogens (tertiary/aromatic N) is 3. The third kappa shape index (κ3) is 4.07. The van der Waals surface area contributed by atoms with Crippen LogP contribution in [0.3, 0.4) is 0 Å². The summed E-state index contributed by atoms with van der Waals surface area (Å²) in [6.45, 7) is -1.01. The number of alkyl halides is 2. The summed E-state index contributed by atoms with van der Waals surface area (Å²) in [6.07, 6.45) is -0.358. The predicted molar refractivity (Wildman–Crippen MR) is 93.3 cm³/mol. The van der Waals surface area contributed by atoms with Crippen LogP contribution in [0.4, 0.5) is 19.0 Å². The van der Waals surface area contributed by atoms with Crippen molar-refractivity contribution in [2.45, 2.75) is 11.5 Å². The van der Waals surface area contributed by atoms with Crippen molar-refractivity contribution in [3.8, 4) is 11.6 Å². The summed E-state index contributed by atoms with van der Waals surface area (Å²) in [6, 6.07) is 3.59. The Hall–Kier alpha value is -2.73. The monoisotopic (exact) mass is 436 g/mol. The molecule has 0 aliphatic rings. The number of sulfonamides is 1. The van der Waals surface area contributed by atoms with Crippen molar-refractivity contribution in [1.82, 2.24) is 14.4 Å². The summed E-state index contributed by atoms with van der Waals surface area (Å²) in [7, 11) is -3.17. The number of hydrogen-bond donors (Lipinski definition) is 1. The van der Waals surface area contributed by atoms with Crippen LogP contribution in [0.2, 0.25) is 5.02 Å². The molecule has 0 radical (unpaired) electrons. The van der Waals surface area contributed by atoms with E-state index in [2.05, 4.69) is 9.97 Å². The molecule has 0 fully saturated rings. The molecule has 0 aliphatic carbocycles. The molecule has 1 N–H and O–H groups in total. The van der Waals surface area contributed by atoms with E-state index in [1.54, 1.807) is 0 Å². The van der Waals surface area contributed by atoms with E-state index in [1.165, 1.54) is 22.7 Å². The van der Waals surface area contributed by atoms with Crippen LogP contribution in [-0.2, 0) is 10.0 Å². The zero-order valence-corrected chi connectivity index (χ0v) is 15.6. The third-order valence-electron chi connectivity index (χ3n) is 3.41. The Morgan fingerprint density at radius 2 is 2.11 bits per heavy atom. The second-order valence-corrected chi connectivity index (χ2v) is 7.37. The summed E-state index contributed by atoms with van der Waals surface area (Å²) in [5.41, 5.74) is 0.259. The number of rotatable bonds is 7. The minimum absolute atomic E-state index is 0.259. The van der Waals surface area contributed by atoms with Gasteiger partial charge in [-0.15, -0.1) is 0 Å². The number of hydrogen-bond acceptors (Lipinski definition) is 6. The molecule has 13 heteroatoms. The lowest BCUT2D eigenvalue weighted by molar-refractivity contribution is 0.0799. The molecule has 0 saturated carbocycles. The van der Waals surface area contributed by atoms with E-state index in [-0.39, 0.29) is 16.6 Å². The van der Waals surface area contributed by atoms with Crippen molar-refractivity contribution in [1.29, 1.82) is 0 Å². The Morgan fingerprint density at radius 3 is 2.79 bits per heavy atom. The van der Waals surface area contributed by atoms with Crippen LogP contribution in [0.5, 0.6) is 11.6 Å². The molecule has 150 valence electrons. The zero-order valence-electron chi connectivity index (χ0n) is 14.1. The molecule has 0 bridgehead atoms. The van der Waals surface area contributed by atoms with Crippen molar-refractivity contribution in [3.05, 3.63) is 41.4 Å². The average Bonchev–Trinajstić information content (AvgIpc) is 3.05. The summed E-state index contributed by atoms with van der Waals surface area (Å²) in [5, 5.41) is 0.0594. The van der Waals surface area contributed by atoms with Gasteiger partial charge in [0.15, 0.2) is 22.4 Å². The molecule has 3 heterocycles. The van der Waals surface area contributed by atoms with Crippen LogP contribution in [0.25, 0.3) is 5.65 Å². The molecule has 0 aliphatic heterocycles. The summed E-state index contributed by atoms with van der Waals surface area (Å²) >= 11 is 5.84. The molecule has 8 nitrogen and oxygen atoms in total. The number of aromatic nitrogens is 3. The Balaban J connectivity index is 1.95. The van der Waals surface area contributed by atoms with Crippen LogP contribution >= 0.6 is 11.6 Å². The Kier molecular flexibility index (Phi) is 5.52. The highest BCUT2D eigenvalue weighted by Crippen LogP contribution is 2.30. The lowest BCUT2D eigenvalue weighted by Crippen LogP contribution is -2.17. The molecule has 0 aromatic carbocycles. The molecular formula is C15H12ClF3N4O4S. The van der Waals surface area contributed by atoms with Crippen LogP contribution in [0, 0.1) is 5.82 Å². The van der Waals surface area contributed by atoms with Crippen LogP contribution in [-0.4, -0.2) is 42.9 Å². The first-order valence-corrected chi connectivity index (χ1v) is 9.38. The molecule has 0 spiro atoms. The number of ether oxygens (including phenoxy) is 2. The second-order valence-electron chi connectivity index (χ2n) is 5.30. The van der Waals surface area contributed by atoms with Crippen molar-refractivity contribution < 1.29 is 31.1 Å². The minimum atomic E-state index is -4.31. The van der Waals surface area contributed by atoms with Gasteiger partial charge in [-0.3, -0.25) is 9.12 Å². The van der Waals surface area contributed by atoms with Gasteiger partial charge in [0.05, 0.1) is 13.3 Å². The SMILES string of the molecule is COc1nc(NS(=O)(=O)c2cnc3cc(Cl)ccn23)c(F)cc1OCC(F)F. The van der Waals surface area contributed by atoms with Crippen molar-refractivity contribution in [2.75, 3.05) is 18.4 Å². The third-order valence-corrected chi connectivity index (χ3v) is 4.96. The number of fused-ring (bicyclic) bond motifs is 1. The molecule has 28 heavy (non-hydrogen) atoms. The normalized spacial score (nSPS) is 11.8. The number of anilines is 1. The molecule has 3 aromatic heterocycles. The minimum Gasteiger partial charge on any atom is -0.482 e. The van der Waals surface area contributed by atoms with Gasteiger partial charge in [0.2, 0.25) is 0 Å². The highest BCUT2D eigenvalue weighted by Gasteiger charge is 2.24. The van der Waals surface area contributed by atoms with Gasteiger partial charge < -0.3 is 9.47 Å². The van der Waals surface area contributed by atoms with Gasteiger partial charge >= 0.3 is 0 Å². The van der Waals surface area contributed by atoms with Gasteiger partial charge in [0.1, 0.15) is 12.3 Å². The fourth-order valence-electron chi connectivity index (χ4n) is 2.24. The van der Waals surface area contributed by atoms with E-state index >= 15 is 0 Å².